The van der Waals surface area contributed by atoms with E-state index in [1.165, 1.54) is 12.7 Å². The number of rotatable bonds is 11. The van der Waals surface area contributed by atoms with Gasteiger partial charge in [0.2, 0.25) is 0 Å². The molecule has 1 aliphatic carbocycles. The lowest BCUT2D eigenvalue weighted by Gasteiger charge is -2.20. The van der Waals surface area contributed by atoms with E-state index in [1.807, 2.05) is 24.3 Å². The van der Waals surface area contributed by atoms with Crippen LogP contribution in [0, 0.1) is 17.8 Å². The molecule has 0 aromatic heterocycles. The van der Waals surface area contributed by atoms with Crippen molar-refractivity contribution in [2.45, 2.75) is 64.1 Å². The third-order valence-electron chi connectivity index (χ3n) is 5.94. The van der Waals surface area contributed by atoms with E-state index in [0.717, 1.165) is 32.1 Å². The molecule has 0 unspecified atom stereocenters. The predicted molar refractivity (Wildman–Crippen MR) is 120 cm³/mol. The largest absolute Gasteiger partial charge is 0.469 e. The Morgan fingerprint density at radius 2 is 2.00 bits per heavy atom. The lowest BCUT2D eigenvalue weighted by Crippen LogP contribution is -2.18. The monoisotopic (exact) mass is 418 g/mol. The summed E-state index contributed by atoms with van der Waals surface area (Å²) in [6.07, 6.45) is 12.7. The Morgan fingerprint density at radius 1 is 1.27 bits per heavy atom. The quantitative estimate of drug-likeness (QED) is 0.326. The number of aryl methyl sites for hydroxylation is 1. The van der Waals surface area contributed by atoms with Gasteiger partial charge < -0.3 is 20.4 Å². The van der Waals surface area contributed by atoms with E-state index in [0.29, 0.717) is 18.8 Å². The van der Waals surface area contributed by atoms with E-state index in [1.54, 1.807) is 0 Å². The number of aliphatic hydroxyl groups excluding tert-OH is 2. The number of hydrogen-bond donors (Lipinski definition) is 2. The topological polar surface area (TPSA) is 98.3 Å². The molecule has 168 valence electrons. The zero-order valence-electron chi connectivity index (χ0n) is 18.2. The van der Waals surface area contributed by atoms with Gasteiger partial charge in [-0.05, 0) is 61.8 Å². The SMILES string of the molecule is COC(=O)CCC/C=C\C[C@@H]1[C@@H](/C=C/[C@@H](O)CCc2ccccc2)[C@H](C)C[C@@H]1O.O. The fraction of sp³-hybridized carbons (Fsp3) is 0.560. The van der Waals surface area contributed by atoms with Gasteiger partial charge in [-0.1, -0.05) is 61.6 Å². The van der Waals surface area contributed by atoms with Gasteiger partial charge in [-0.15, -0.1) is 0 Å². The highest BCUT2D eigenvalue weighted by Gasteiger charge is 2.37. The molecule has 0 amide bonds. The van der Waals surface area contributed by atoms with Crippen LogP contribution >= 0.6 is 0 Å². The first-order chi connectivity index (χ1) is 14.0. The molecule has 5 nitrogen and oxygen atoms in total. The first-order valence-corrected chi connectivity index (χ1v) is 10.8. The summed E-state index contributed by atoms with van der Waals surface area (Å²) in [6.45, 7) is 2.18. The maximum Gasteiger partial charge on any atom is 0.305 e. The Balaban J connectivity index is 0.00000450. The Labute approximate surface area is 180 Å². The summed E-state index contributed by atoms with van der Waals surface area (Å²) in [5, 5.41) is 20.8. The molecule has 30 heavy (non-hydrogen) atoms. The molecule has 0 heterocycles. The van der Waals surface area contributed by atoms with Gasteiger partial charge in [0.25, 0.3) is 0 Å². The van der Waals surface area contributed by atoms with Gasteiger partial charge in [0, 0.05) is 6.42 Å². The number of benzene rings is 1. The summed E-state index contributed by atoms with van der Waals surface area (Å²) in [6, 6.07) is 10.2. The molecule has 2 rings (SSSR count). The number of methoxy groups -OCH3 is 1. The second-order valence-corrected chi connectivity index (χ2v) is 8.17. The molecule has 1 fully saturated rings. The van der Waals surface area contributed by atoms with E-state index in [-0.39, 0.29) is 29.4 Å². The van der Waals surface area contributed by atoms with Crippen LogP contribution in [0.5, 0.6) is 0 Å². The summed E-state index contributed by atoms with van der Waals surface area (Å²) in [7, 11) is 1.41. The van der Waals surface area contributed by atoms with Crippen molar-refractivity contribution in [1.82, 2.24) is 0 Å². The highest BCUT2D eigenvalue weighted by atomic mass is 16.5. The lowest BCUT2D eigenvalue weighted by atomic mass is 9.86. The van der Waals surface area contributed by atoms with Crippen LogP contribution in [-0.2, 0) is 16.0 Å². The average Bonchev–Trinajstić information content (AvgIpc) is 3.00. The Hall–Kier alpha value is -1.95. The van der Waals surface area contributed by atoms with E-state index < -0.39 is 6.10 Å². The van der Waals surface area contributed by atoms with Crippen molar-refractivity contribution in [3.05, 3.63) is 60.2 Å². The van der Waals surface area contributed by atoms with Gasteiger partial charge in [0.15, 0.2) is 0 Å². The van der Waals surface area contributed by atoms with Crippen LogP contribution in [0.25, 0.3) is 0 Å². The Bertz CT molecular complexity index is 655. The third kappa shape index (κ3) is 8.82. The van der Waals surface area contributed by atoms with Crippen LogP contribution in [0.15, 0.2) is 54.6 Å². The van der Waals surface area contributed by atoms with Crippen molar-refractivity contribution in [2.75, 3.05) is 7.11 Å². The normalized spacial score (nSPS) is 24.8. The molecule has 0 saturated heterocycles. The molecule has 0 aliphatic heterocycles. The first kappa shape index (κ1) is 26.1. The third-order valence-corrected chi connectivity index (χ3v) is 5.94. The highest BCUT2D eigenvalue weighted by molar-refractivity contribution is 5.69. The number of ether oxygens (including phenoxy) is 1. The van der Waals surface area contributed by atoms with Crippen molar-refractivity contribution in [2.24, 2.45) is 17.8 Å². The van der Waals surface area contributed by atoms with E-state index in [2.05, 4.69) is 42.0 Å². The zero-order chi connectivity index (χ0) is 21.1. The summed E-state index contributed by atoms with van der Waals surface area (Å²) in [5.74, 6) is 0.685. The molecule has 0 spiro atoms. The number of carbonyl (C=O) groups excluding carboxylic acids is 1. The van der Waals surface area contributed by atoms with E-state index >= 15 is 0 Å². The molecular formula is C25H38O5. The standard InChI is InChI=1S/C25H36O4.H2O/c1-19-18-24(27)23(12-8-3-4-9-13-25(28)29-2)22(19)17-16-21(26)15-14-20-10-6-5-7-11-20;/h3,5-8,10-11,16-17,19,21-24,26-27H,4,9,12-15,18H2,1-2H3;1H2/b8-3-,17-16+;/t19-,21+,22+,23-,24+;/m1./s1. The van der Waals surface area contributed by atoms with Gasteiger partial charge in [0.05, 0.1) is 19.3 Å². The summed E-state index contributed by atoms with van der Waals surface area (Å²) in [5.41, 5.74) is 1.24. The summed E-state index contributed by atoms with van der Waals surface area (Å²) in [4.78, 5) is 11.1. The number of esters is 1. The smallest absolute Gasteiger partial charge is 0.305 e. The van der Waals surface area contributed by atoms with Crippen LogP contribution in [0.1, 0.15) is 51.0 Å². The minimum absolute atomic E-state index is 0. The van der Waals surface area contributed by atoms with Crippen LogP contribution < -0.4 is 0 Å². The molecule has 4 N–H and O–H groups in total. The minimum atomic E-state index is -0.463. The van der Waals surface area contributed by atoms with Crippen molar-refractivity contribution in [3.8, 4) is 0 Å². The number of unbranched alkanes of at least 4 members (excludes halogenated alkanes) is 1. The van der Waals surface area contributed by atoms with Crippen molar-refractivity contribution in [1.29, 1.82) is 0 Å². The second-order valence-electron chi connectivity index (χ2n) is 8.17. The molecule has 1 aromatic rings. The maximum absolute atomic E-state index is 11.1. The summed E-state index contributed by atoms with van der Waals surface area (Å²) < 4.78 is 4.64. The van der Waals surface area contributed by atoms with Crippen molar-refractivity contribution < 1.29 is 25.2 Å². The van der Waals surface area contributed by atoms with Crippen LogP contribution in [0.4, 0.5) is 0 Å². The van der Waals surface area contributed by atoms with Crippen LogP contribution in [0.2, 0.25) is 0 Å². The molecule has 1 aliphatic rings. The average molecular weight is 419 g/mol. The number of allylic oxidation sites excluding steroid dienone is 3. The molecule has 1 aromatic carbocycles. The first-order valence-electron chi connectivity index (χ1n) is 10.8. The number of hydrogen-bond acceptors (Lipinski definition) is 4. The van der Waals surface area contributed by atoms with E-state index in [9.17, 15) is 15.0 Å². The zero-order valence-corrected chi connectivity index (χ0v) is 18.2. The second kappa shape index (κ2) is 14.1. The predicted octanol–water partition coefficient (Wildman–Crippen LogP) is 3.63. The fourth-order valence-electron chi connectivity index (χ4n) is 4.19. The van der Waals surface area contributed by atoms with Crippen molar-refractivity contribution in [3.63, 3.8) is 0 Å². The molecule has 0 radical (unpaired) electrons. The molecule has 5 heteroatoms. The van der Waals surface area contributed by atoms with E-state index in [4.69, 9.17) is 0 Å². The summed E-state index contributed by atoms with van der Waals surface area (Å²) >= 11 is 0. The minimum Gasteiger partial charge on any atom is -0.469 e. The van der Waals surface area contributed by atoms with Crippen LogP contribution in [-0.4, -0.2) is 41.0 Å². The molecular weight excluding hydrogens is 380 g/mol. The van der Waals surface area contributed by atoms with Crippen molar-refractivity contribution >= 4 is 5.97 Å². The lowest BCUT2D eigenvalue weighted by molar-refractivity contribution is -0.140. The molecule has 0 bridgehead atoms. The highest BCUT2D eigenvalue weighted by Crippen LogP contribution is 2.40. The van der Waals surface area contributed by atoms with Gasteiger partial charge in [-0.2, -0.15) is 0 Å². The fourth-order valence-corrected chi connectivity index (χ4v) is 4.19. The molecule has 5 atom stereocenters. The Morgan fingerprint density at radius 3 is 2.70 bits per heavy atom. The van der Waals surface area contributed by atoms with Gasteiger partial charge in [-0.3, -0.25) is 4.79 Å². The van der Waals surface area contributed by atoms with Gasteiger partial charge in [0.1, 0.15) is 0 Å². The Kier molecular flexibility index (Phi) is 12.3. The maximum atomic E-state index is 11.1. The number of aliphatic hydroxyl groups is 2. The number of carbonyl (C=O) groups is 1. The van der Waals surface area contributed by atoms with Gasteiger partial charge in [-0.25, -0.2) is 0 Å². The van der Waals surface area contributed by atoms with Crippen LogP contribution in [0.3, 0.4) is 0 Å². The van der Waals surface area contributed by atoms with Gasteiger partial charge >= 0.3 is 5.97 Å². The molecule has 1 saturated carbocycles.